The monoisotopic (exact) mass is 509 g/mol. The van der Waals surface area contributed by atoms with Crippen molar-refractivity contribution in [2.24, 2.45) is 5.92 Å². The van der Waals surface area contributed by atoms with Gasteiger partial charge in [-0.05, 0) is 76.6 Å². The smallest absolute Gasteiger partial charge is 0.409 e. The minimum atomic E-state index is -0.181. The first-order valence-electron chi connectivity index (χ1n) is 13.6. The minimum Gasteiger partial charge on any atom is -0.450 e. The van der Waals surface area contributed by atoms with Crippen LogP contribution in [0, 0.1) is 19.8 Å². The highest BCUT2D eigenvalue weighted by molar-refractivity contribution is 5.90. The molecule has 5 rings (SSSR count). The Hall–Kier alpha value is -3.07. The van der Waals surface area contributed by atoms with Crippen molar-refractivity contribution >= 4 is 17.8 Å². The second-order valence-corrected chi connectivity index (χ2v) is 10.9. The van der Waals surface area contributed by atoms with Gasteiger partial charge in [0.1, 0.15) is 11.4 Å². The summed E-state index contributed by atoms with van der Waals surface area (Å²) in [7, 11) is 0. The van der Waals surface area contributed by atoms with Crippen molar-refractivity contribution in [3.8, 4) is 0 Å². The number of nitrogens with zero attached hydrogens (tertiary/aromatic N) is 4. The van der Waals surface area contributed by atoms with E-state index >= 15 is 0 Å². The molecule has 4 heterocycles. The van der Waals surface area contributed by atoms with Crippen molar-refractivity contribution in [1.82, 2.24) is 19.9 Å². The predicted octanol–water partition coefficient (Wildman–Crippen LogP) is 4.54. The number of amides is 3. The molecule has 1 aromatic carbocycles. The lowest BCUT2D eigenvalue weighted by atomic mass is 9.68. The third-order valence-electron chi connectivity index (χ3n) is 8.47. The maximum atomic E-state index is 13.3. The average Bonchev–Trinajstić information content (AvgIpc) is 3.22. The fourth-order valence-corrected chi connectivity index (χ4v) is 6.35. The summed E-state index contributed by atoms with van der Waals surface area (Å²) in [5, 5.41) is 7.02. The van der Waals surface area contributed by atoms with Gasteiger partial charge >= 0.3 is 12.1 Å². The second kappa shape index (κ2) is 10.7. The van der Waals surface area contributed by atoms with Gasteiger partial charge in [-0.1, -0.05) is 29.4 Å². The second-order valence-electron chi connectivity index (χ2n) is 10.9. The SMILES string of the molecule is CCOC(=O)N1CCC(CN2CCC3(CC2)CN(C(=O)Nc2c(C)noc2C)Cc2ccccc23)CC1. The molecule has 1 N–H and O–H groups in total. The molecule has 9 nitrogen and oxygen atoms in total. The third kappa shape index (κ3) is 5.32. The van der Waals surface area contributed by atoms with Crippen LogP contribution in [0.3, 0.4) is 0 Å². The zero-order valence-electron chi connectivity index (χ0n) is 22.3. The van der Waals surface area contributed by atoms with Crippen molar-refractivity contribution < 1.29 is 18.8 Å². The number of aromatic nitrogens is 1. The zero-order valence-corrected chi connectivity index (χ0v) is 22.3. The molecule has 3 amide bonds. The quantitative estimate of drug-likeness (QED) is 0.651. The molecule has 1 spiro atoms. The molecule has 2 saturated heterocycles. The fraction of sp³-hybridized carbons (Fsp3) is 0.607. The average molecular weight is 510 g/mol. The first-order chi connectivity index (χ1) is 17.9. The van der Waals surface area contributed by atoms with E-state index < -0.39 is 0 Å². The van der Waals surface area contributed by atoms with Gasteiger partial charge in [-0.3, -0.25) is 0 Å². The van der Waals surface area contributed by atoms with E-state index in [4.69, 9.17) is 9.26 Å². The van der Waals surface area contributed by atoms with Gasteiger partial charge in [-0.25, -0.2) is 9.59 Å². The molecule has 0 radical (unpaired) electrons. The van der Waals surface area contributed by atoms with E-state index in [0.717, 1.165) is 58.4 Å². The van der Waals surface area contributed by atoms with Crippen LogP contribution in [0.4, 0.5) is 15.3 Å². The third-order valence-corrected chi connectivity index (χ3v) is 8.47. The van der Waals surface area contributed by atoms with Crippen molar-refractivity contribution in [2.45, 2.75) is 58.4 Å². The normalized spacial score (nSPS) is 20.1. The Morgan fingerprint density at radius 3 is 2.51 bits per heavy atom. The first kappa shape index (κ1) is 25.6. The number of urea groups is 1. The van der Waals surface area contributed by atoms with Crippen LogP contribution in [0.1, 0.15) is 55.2 Å². The van der Waals surface area contributed by atoms with Gasteiger partial charge in [0.15, 0.2) is 5.76 Å². The summed E-state index contributed by atoms with van der Waals surface area (Å²) in [6, 6.07) is 8.53. The standard InChI is InChI=1S/C28H39N5O4/c1-4-36-27(35)32-13-9-22(10-14-32)17-31-15-11-28(12-16-31)19-33(18-23-7-5-6-8-24(23)28)26(34)29-25-20(2)30-37-21(25)3/h5-8,22H,4,9-19H2,1-3H3,(H,29,34). The summed E-state index contributed by atoms with van der Waals surface area (Å²) in [5.41, 5.74) is 3.97. The Labute approximate surface area is 219 Å². The molecule has 1 aromatic heterocycles. The number of hydrogen-bond acceptors (Lipinski definition) is 6. The topological polar surface area (TPSA) is 91.2 Å². The van der Waals surface area contributed by atoms with Crippen molar-refractivity contribution in [2.75, 3.05) is 51.2 Å². The number of likely N-dealkylation sites (tertiary alicyclic amines) is 2. The Kier molecular flexibility index (Phi) is 7.42. The summed E-state index contributed by atoms with van der Waals surface area (Å²) < 4.78 is 10.4. The first-order valence-corrected chi connectivity index (χ1v) is 13.6. The van der Waals surface area contributed by atoms with E-state index in [2.05, 4.69) is 39.6 Å². The highest BCUT2D eigenvalue weighted by Crippen LogP contribution is 2.42. The lowest BCUT2D eigenvalue weighted by molar-refractivity contribution is 0.0730. The van der Waals surface area contributed by atoms with Gasteiger partial charge in [0.25, 0.3) is 0 Å². The van der Waals surface area contributed by atoms with Crippen LogP contribution in [0.25, 0.3) is 0 Å². The van der Waals surface area contributed by atoms with Gasteiger partial charge in [-0.2, -0.15) is 0 Å². The molecule has 3 aliphatic rings. The summed E-state index contributed by atoms with van der Waals surface area (Å²) >= 11 is 0. The highest BCUT2D eigenvalue weighted by atomic mass is 16.6. The molecule has 0 aliphatic carbocycles. The molecule has 0 unspecified atom stereocenters. The molecular formula is C28H39N5O4. The lowest BCUT2D eigenvalue weighted by Crippen LogP contribution is -2.54. The molecular weight excluding hydrogens is 470 g/mol. The predicted molar refractivity (Wildman–Crippen MR) is 141 cm³/mol. The van der Waals surface area contributed by atoms with Crippen LogP contribution in [-0.2, 0) is 16.7 Å². The van der Waals surface area contributed by atoms with Crippen LogP contribution in [0.15, 0.2) is 28.8 Å². The molecule has 37 heavy (non-hydrogen) atoms. The Morgan fingerprint density at radius 2 is 1.84 bits per heavy atom. The van der Waals surface area contributed by atoms with Gasteiger partial charge in [-0.15, -0.1) is 0 Å². The lowest BCUT2D eigenvalue weighted by Gasteiger charge is -2.49. The van der Waals surface area contributed by atoms with Crippen molar-refractivity contribution in [1.29, 1.82) is 0 Å². The van der Waals surface area contributed by atoms with Crippen molar-refractivity contribution in [3.63, 3.8) is 0 Å². The molecule has 2 fully saturated rings. The maximum absolute atomic E-state index is 13.3. The van der Waals surface area contributed by atoms with Crippen LogP contribution >= 0.6 is 0 Å². The van der Waals surface area contributed by atoms with E-state index in [9.17, 15) is 9.59 Å². The van der Waals surface area contributed by atoms with E-state index in [1.54, 1.807) is 0 Å². The van der Waals surface area contributed by atoms with Crippen LogP contribution < -0.4 is 5.32 Å². The molecule has 9 heteroatoms. The number of piperidine rings is 2. The van der Waals surface area contributed by atoms with Crippen LogP contribution in [0.5, 0.6) is 0 Å². The molecule has 3 aliphatic heterocycles. The number of nitrogens with one attached hydrogen (secondary N) is 1. The molecule has 0 atom stereocenters. The number of ether oxygens (including phenoxy) is 1. The van der Waals surface area contributed by atoms with Crippen molar-refractivity contribution in [3.05, 3.63) is 46.8 Å². The number of fused-ring (bicyclic) bond motifs is 2. The molecule has 0 bridgehead atoms. The minimum absolute atomic E-state index is 0.0330. The van der Waals surface area contributed by atoms with Crippen LogP contribution in [-0.4, -0.2) is 77.9 Å². The maximum Gasteiger partial charge on any atom is 0.409 e. The fourth-order valence-electron chi connectivity index (χ4n) is 6.35. The number of carbonyl (C=O) groups is 2. The van der Waals surface area contributed by atoms with E-state index in [-0.39, 0.29) is 17.5 Å². The number of aryl methyl sites for hydroxylation is 2. The molecule has 0 saturated carbocycles. The van der Waals surface area contributed by atoms with Crippen LogP contribution in [0.2, 0.25) is 0 Å². The Bertz CT molecular complexity index is 1100. The zero-order chi connectivity index (χ0) is 26.0. The molecule has 200 valence electrons. The largest absolute Gasteiger partial charge is 0.450 e. The van der Waals surface area contributed by atoms with Gasteiger partial charge in [0.2, 0.25) is 0 Å². The van der Waals surface area contributed by atoms with E-state index in [0.29, 0.717) is 42.8 Å². The Morgan fingerprint density at radius 1 is 1.11 bits per heavy atom. The molecule has 2 aromatic rings. The van der Waals surface area contributed by atoms with Gasteiger partial charge in [0, 0.05) is 38.1 Å². The summed E-state index contributed by atoms with van der Waals surface area (Å²) in [5.74, 6) is 1.23. The van der Waals surface area contributed by atoms with Gasteiger partial charge in [0.05, 0.1) is 6.61 Å². The summed E-state index contributed by atoms with van der Waals surface area (Å²) in [6.45, 7) is 11.9. The Balaban J connectivity index is 1.22. The summed E-state index contributed by atoms with van der Waals surface area (Å²) in [6.07, 6.45) is 3.93. The highest BCUT2D eigenvalue weighted by Gasteiger charge is 2.43. The van der Waals surface area contributed by atoms with E-state index in [1.807, 2.05) is 30.6 Å². The van der Waals surface area contributed by atoms with E-state index in [1.165, 1.54) is 11.1 Å². The number of benzene rings is 1. The number of anilines is 1. The number of rotatable bonds is 4. The van der Waals surface area contributed by atoms with Gasteiger partial charge < -0.3 is 29.3 Å². The number of hydrogen-bond donors (Lipinski definition) is 1. The number of carbonyl (C=O) groups excluding carboxylic acids is 2. The summed E-state index contributed by atoms with van der Waals surface area (Å²) in [4.78, 5) is 31.7.